The molecule has 20 heavy (non-hydrogen) atoms. The second-order valence-electron chi connectivity index (χ2n) is 4.82. The minimum atomic E-state index is -0.593. The zero-order valence-electron chi connectivity index (χ0n) is 11.3. The molecule has 0 aliphatic carbocycles. The Bertz CT molecular complexity index is 612. The number of anilines is 1. The van der Waals surface area contributed by atoms with Crippen molar-refractivity contribution in [3.05, 3.63) is 53.6 Å². The largest absolute Gasteiger partial charge is 0.454 e. The lowest BCUT2D eigenvalue weighted by atomic mass is 10.1. The zero-order chi connectivity index (χ0) is 13.9. The Morgan fingerprint density at radius 3 is 2.80 bits per heavy atom. The summed E-state index contributed by atoms with van der Waals surface area (Å²) in [6, 6.07) is 13.5. The van der Waals surface area contributed by atoms with E-state index in [0.717, 1.165) is 22.6 Å². The Labute approximate surface area is 118 Å². The molecule has 1 atom stereocenters. The van der Waals surface area contributed by atoms with Crippen molar-refractivity contribution in [2.24, 2.45) is 0 Å². The lowest BCUT2D eigenvalue weighted by molar-refractivity contribution is 0.173. The molecule has 0 aromatic heterocycles. The molecule has 4 nitrogen and oxygen atoms in total. The van der Waals surface area contributed by atoms with E-state index in [1.807, 2.05) is 49.4 Å². The van der Waals surface area contributed by atoms with Gasteiger partial charge in [-0.05, 0) is 36.2 Å². The van der Waals surface area contributed by atoms with Crippen LogP contribution in [0.15, 0.2) is 42.5 Å². The fourth-order valence-electron chi connectivity index (χ4n) is 2.22. The molecule has 0 saturated carbocycles. The number of hydrogen-bond acceptors (Lipinski definition) is 4. The van der Waals surface area contributed by atoms with Crippen molar-refractivity contribution in [1.29, 1.82) is 0 Å². The van der Waals surface area contributed by atoms with Crippen molar-refractivity contribution in [3.63, 3.8) is 0 Å². The molecule has 0 spiro atoms. The van der Waals surface area contributed by atoms with E-state index in [0.29, 0.717) is 12.3 Å². The molecule has 1 aliphatic heterocycles. The van der Waals surface area contributed by atoms with Gasteiger partial charge in [0, 0.05) is 12.2 Å². The molecule has 0 saturated heterocycles. The second-order valence-corrected chi connectivity index (χ2v) is 4.82. The molecule has 1 aliphatic rings. The topological polar surface area (TPSA) is 50.7 Å². The number of hydrogen-bond donors (Lipinski definition) is 2. The summed E-state index contributed by atoms with van der Waals surface area (Å²) < 4.78 is 10.6. The van der Waals surface area contributed by atoms with E-state index in [4.69, 9.17) is 9.47 Å². The number of nitrogens with one attached hydrogen (secondary N) is 1. The van der Waals surface area contributed by atoms with Crippen molar-refractivity contribution in [2.75, 3.05) is 18.7 Å². The Morgan fingerprint density at radius 1 is 1.15 bits per heavy atom. The van der Waals surface area contributed by atoms with Gasteiger partial charge in [-0.3, -0.25) is 0 Å². The van der Waals surface area contributed by atoms with Crippen molar-refractivity contribution < 1.29 is 14.6 Å². The van der Waals surface area contributed by atoms with Gasteiger partial charge >= 0.3 is 0 Å². The molecular weight excluding hydrogens is 254 g/mol. The summed E-state index contributed by atoms with van der Waals surface area (Å²) in [4.78, 5) is 0. The Kier molecular flexibility index (Phi) is 3.48. The average Bonchev–Trinajstić information content (AvgIpc) is 2.93. The van der Waals surface area contributed by atoms with E-state index in [9.17, 15) is 5.11 Å². The molecule has 0 amide bonds. The minimum absolute atomic E-state index is 0.246. The summed E-state index contributed by atoms with van der Waals surface area (Å²) in [7, 11) is 0. The molecule has 3 rings (SSSR count). The molecule has 4 heteroatoms. The van der Waals surface area contributed by atoms with Crippen LogP contribution in [0.3, 0.4) is 0 Å². The van der Waals surface area contributed by atoms with Crippen LogP contribution >= 0.6 is 0 Å². The van der Waals surface area contributed by atoms with Gasteiger partial charge in [-0.15, -0.1) is 0 Å². The van der Waals surface area contributed by atoms with Gasteiger partial charge in [-0.1, -0.05) is 24.3 Å². The first-order valence-corrected chi connectivity index (χ1v) is 6.61. The maximum atomic E-state index is 10.2. The van der Waals surface area contributed by atoms with Crippen LogP contribution in [-0.4, -0.2) is 18.4 Å². The number of aliphatic hydroxyl groups is 1. The number of para-hydroxylation sites is 1. The van der Waals surface area contributed by atoms with Crippen LogP contribution in [-0.2, 0) is 0 Å². The van der Waals surface area contributed by atoms with E-state index in [-0.39, 0.29) is 6.79 Å². The second kappa shape index (κ2) is 5.43. The summed E-state index contributed by atoms with van der Waals surface area (Å²) in [6.45, 7) is 2.73. The van der Waals surface area contributed by atoms with Gasteiger partial charge in [0.05, 0.1) is 6.10 Å². The Morgan fingerprint density at radius 2 is 1.95 bits per heavy atom. The maximum absolute atomic E-state index is 10.2. The molecule has 2 N–H and O–H groups in total. The number of aryl methyl sites for hydroxylation is 1. The van der Waals surface area contributed by atoms with E-state index in [2.05, 4.69) is 5.32 Å². The van der Waals surface area contributed by atoms with Gasteiger partial charge < -0.3 is 19.9 Å². The van der Waals surface area contributed by atoms with Crippen LogP contribution in [0.25, 0.3) is 0 Å². The number of ether oxygens (including phenoxy) is 2. The van der Waals surface area contributed by atoms with Gasteiger partial charge in [0.25, 0.3) is 0 Å². The standard InChI is InChI=1S/C16H17NO3/c1-11-4-2-3-5-13(11)17-9-14(18)12-6-7-15-16(8-12)20-10-19-15/h2-8,14,17-18H,9-10H2,1H3. The molecule has 0 bridgehead atoms. The molecule has 1 unspecified atom stereocenters. The number of aliphatic hydroxyl groups excluding tert-OH is 1. The molecule has 1 heterocycles. The Hall–Kier alpha value is -2.20. The van der Waals surface area contributed by atoms with Crippen molar-refractivity contribution >= 4 is 5.69 Å². The van der Waals surface area contributed by atoms with E-state index in [1.54, 1.807) is 0 Å². The highest BCUT2D eigenvalue weighted by Gasteiger charge is 2.16. The first-order chi connectivity index (χ1) is 9.74. The summed E-state index contributed by atoms with van der Waals surface area (Å²) in [6.07, 6.45) is -0.593. The fourth-order valence-corrected chi connectivity index (χ4v) is 2.22. The van der Waals surface area contributed by atoms with Crippen LogP contribution in [0, 0.1) is 6.92 Å². The number of benzene rings is 2. The third-order valence-corrected chi connectivity index (χ3v) is 3.41. The lowest BCUT2D eigenvalue weighted by Crippen LogP contribution is -2.12. The van der Waals surface area contributed by atoms with Gasteiger partial charge in [-0.25, -0.2) is 0 Å². The summed E-state index contributed by atoms with van der Waals surface area (Å²) >= 11 is 0. The Balaban J connectivity index is 1.67. The SMILES string of the molecule is Cc1ccccc1NCC(O)c1ccc2c(c1)OCO2. The smallest absolute Gasteiger partial charge is 0.231 e. The summed E-state index contributed by atoms with van der Waals surface area (Å²) in [5, 5.41) is 13.5. The summed E-state index contributed by atoms with van der Waals surface area (Å²) in [5.74, 6) is 1.42. The van der Waals surface area contributed by atoms with Crippen LogP contribution in [0.2, 0.25) is 0 Å². The van der Waals surface area contributed by atoms with Crippen molar-refractivity contribution in [2.45, 2.75) is 13.0 Å². The number of rotatable bonds is 4. The highest BCUT2D eigenvalue weighted by Crippen LogP contribution is 2.34. The minimum Gasteiger partial charge on any atom is -0.454 e. The first kappa shape index (κ1) is 12.8. The molecule has 2 aromatic carbocycles. The predicted octanol–water partition coefficient (Wildman–Crippen LogP) is 2.87. The van der Waals surface area contributed by atoms with Gasteiger partial charge in [0.1, 0.15) is 0 Å². The highest BCUT2D eigenvalue weighted by atomic mass is 16.7. The maximum Gasteiger partial charge on any atom is 0.231 e. The van der Waals surface area contributed by atoms with Crippen molar-refractivity contribution in [3.8, 4) is 11.5 Å². The summed E-state index contributed by atoms with van der Waals surface area (Å²) in [5.41, 5.74) is 3.01. The van der Waals surface area contributed by atoms with E-state index in [1.165, 1.54) is 0 Å². The van der Waals surface area contributed by atoms with Crippen molar-refractivity contribution in [1.82, 2.24) is 0 Å². The number of fused-ring (bicyclic) bond motifs is 1. The highest BCUT2D eigenvalue weighted by molar-refractivity contribution is 5.51. The molecule has 0 radical (unpaired) electrons. The molecule has 0 fully saturated rings. The van der Waals surface area contributed by atoms with Crippen LogP contribution in [0.1, 0.15) is 17.2 Å². The monoisotopic (exact) mass is 271 g/mol. The van der Waals surface area contributed by atoms with Crippen LogP contribution < -0.4 is 14.8 Å². The third-order valence-electron chi connectivity index (χ3n) is 3.41. The fraction of sp³-hybridized carbons (Fsp3) is 0.250. The zero-order valence-corrected chi connectivity index (χ0v) is 11.3. The van der Waals surface area contributed by atoms with Crippen LogP contribution in [0.4, 0.5) is 5.69 Å². The first-order valence-electron chi connectivity index (χ1n) is 6.61. The van der Waals surface area contributed by atoms with Gasteiger partial charge in [0.15, 0.2) is 11.5 Å². The molecule has 104 valence electrons. The normalized spacial score (nSPS) is 14.1. The van der Waals surface area contributed by atoms with Crippen LogP contribution in [0.5, 0.6) is 11.5 Å². The average molecular weight is 271 g/mol. The predicted molar refractivity (Wildman–Crippen MR) is 77.2 cm³/mol. The quantitative estimate of drug-likeness (QED) is 0.897. The molecule has 2 aromatic rings. The lowest BCUT2D eigenvalue weighted by Gasteiger charge is -2.15. The third kappa shape index (κ3) is 2.56. The molecular formula is C16H17NO3. The van der Waals surface area contributed by atoms with E-state index < -0.39 is 6.10 Å². The van der Waals surface area contributed by atoms with E-state index >= 15 is 0 Å². The van der Waals surface area contributed by atoms with Gasteiger partial charge in [-0.2, -0.15) is 0 Å². The van der Waals surface area contributed by atoms with Gasteiger partial charge in [0.2, 0.25) is 6.79 Å².